The predicted molar refractivity (Wildman–Crippen MR) is 195 cm³/mol. The molecular formula is C41H23N3S2. The van der Waals surface area contributed by atoms with Crippen LogP contribution in [0.5, 0.6) is 0 Å². The van der Waals surface area contributed by atoms with Crippen LogP contribution < -0.4 is 4.90 Å². The lowest BCUT2D eigenvalue weighted by molar-refractivity contribution is 0.764. The number of benzene rings is 7. The van der Waals surface area contributed by atoms with Crippen LogP contribution in [0.25, 0.3) is 63.9 Å². The molecule has 0 atom stereocenters. The minimum atomic E-state index is -0.554. The highest BCUT2D eigenvalue weighted by molar-refractivity contribution is 8.01. The number of hydrogen-bond acceptors (Lipinski definition) is 5. The third-order valence-electron chi connectivity index (χ3n) is 9.75. The SMILES string of the molecule is c1ccc2c(c1)SC1(c3cccc4ccc5cccc1c5c34)N2c1nc(-c2cccc3ccccc23)c2sc3ccccc3c2n1. The minimum Gasteiger partial charge on any atom is -0.285 e. The van der Waals surface area contributed by atoms with Gasteiger partial charge in [-0.15, -0.1) is 11.3 Å². The fourth-order valence-corrected chi connectivity index (χ4v) is 10.6. The van der Waals surface area contributed by atoms with Crippen molar-refractivity contribution in [3.8, 4) is 11.3 Å². The van der Waals surface area contributed by atoms with Crippen LogP contribution in [0.15, 0.2) is 144 Å². The molecule has 2 aliphatic rings. The summed E-state index contributed by atoms with van der Waals surface area (Å²) in [6.07, 6.45) is 0. The molecule has 5 heteroatoms. The molecule has 0 unspecified atom stereocenters. The first-order chi connectivity index (χ1) is 22.8. The standard InChI is InChI=1S/C41H23N3S2/c1-2-14-27-24(10-1)11-7-16-28(27)37-39-38(29-15-3-5-20-33(29)45-39)43-40(42-37)44-32-19-4-6-21-34(32)46-41(44)30-17-8-12-25-22-23-26-13-9-18-31(41)36(26)35(25)30/h1-23H. The minimum absolute atomic E-state index is 0.554. The van der Waals surface area contributed by atoms with Crippen LogP contribution in [0, 0.1) is 0 Å². The van der Waals surface area contributed by atoms with Gasteiger partial charge in [-0.3, -0.25) is 4.90 Å². The van der Waals surface area contributed by atoms with Gasteiger partial charge in [-0.2, -0.15) is 0 Å². The third kappa shape index (κ3) is 3.09. The van der Waals surface area contributed by atoms with Crippen LogP contribution in [-0.4, -0.2) is 9.97 Å². The Morgan fingerprint density at radius 1 is 0.543 bits per heavy atom. The zero-order chi connectivity index (χ0) is 30.0. The van der Waals surface area contributed by atoms with Crippen molar-refractivity contribution >= 4 is 87.4 Å². The van der Waals surface area contributed by atoms with Crippen LogP contribution in [0.4, 0.5) is 11.6 Å². The van der Waals surface area contributed by atoms with Crippen LogP contribution in [0.2, 0.25) is 0 Å². The summed E-state index contributed by atoms with van der Waals surface area (Å²) in [6.45, 7) is 0. The highest BCUT2D eigenvalue weighted by atomic mass is 32.2. The first-order valence-corrected chi connectivity index (χ1v) is 17.1. The van der Waals surface area contributed by atoms with E-state index in [0.717, 1.165) is 33.1 Å². The second kappa shape index (κ2) is 8.94. The second-order valence-corrected chi connectivity index (χ2v) is 14.4. The molecule has 11 rings (SSSR count). The van der Waals surface area contributed by atoms with E-state index < -0.39 is 4.87 Å². The second-order valence-electron chi connectivity index (χ2n) is 12.1. The number of aromatic nitrogens is 2. The lowest BCUT2D eigenvalue weighted by Gasteiger charge is -2.37. The van der Waals surface area contributed by atoms with Crippen LogP contribution in [-0.2, 0) is 4.87 Å². The maximum absolute atomic E-state index is 5.62. The Balaban J connectivity index is 1.29. The van der Waals surface area contributed by atoms with Gasteiger partial charge in [0, 0.05) is 31.7 Å². The molecule has 0 bridgehead atoms. The zero-order valence-corrected chi connectivity index (χ0v) is 26.1. The van der Waals surface area contributed by atoms with Crippen molar-refractivity contribution in [2.75, 3.05) is 4.90 Å². The van der Waals surface area contributed by atoms with Crippen LogP contribution in [0.1, 0.15) is 11.1 Å². The average Bonchev–Trinajstić information content (AvgIpc) is 3.76. The van der Waals surface area contributed by atoms with Gasteiger partial charge >= 0.3 is 0 Å². The fraction of sp³-hybridized carbons (Fsp3) is 0.0244. The van der Waals surface area contributed by atoms with Crippen molar-refractivity contribution in [3.05, 3.63) is 151 Å². The van der Waals surface area contributed by atoms with Crippen molar-refractivity contribution < 1.29 is 0 Å². The van der Waals surface area contributed by atoms with Crippen molar-refractivity contribution in [2.24, 2.45) is 0 Å². The van der Waals surface area contributed by atoms with E-state index in [4.69, 9.17) is 9.97 Å². The zero-order valence-electron chi connectivity index (χ0n) is 24.4. The summed E-state index contributed by atoms with van der Waals surface area (Å²) in [7, 11) is 0. The first-order valence-electron chi connectivity index (χ1n) is 15.5. The summed E-state index contributed by atoms with van der Waals surface area (Å²) < 4.78 is 2.34. The van der Waals surface area contributed by atoms with E-state index in [0.29, 0.717) is 0 Å². The molecule has 3 nitrogen and oxygen atoms in total. The molecule has 0 radical (unpaired) electrons. The van der Waals surface area contributed by atoms with Gasteiger partial charge in [-0.1, -0.05) is 133 Å². The lowest BCUT2D eigenvalue weighted by Crippen LogP contribution is -2.38. The summed E-state index contributed by atoms with van der Waals surface area (Å²) in [5.41, 5.74) is 6.84. The Hall–Kier alpha value is -5.23. The van der Waals surface area contributed by atoms with Gasteiger partial charge in [-0.05, 0) is 50.5 Å². The maximum Gasteiger partial charge on any atom is 0.232 e. The molecule has 7 aromatic carbocycles. The smallest absolute Gasteiger partial charge is 0.232 e. The topological polar surface area (TPSA) is 29.0 Å². The molecule has 0 saturated carbocycles. The van der Waals surface area contributed by atoms with Crippen LogP contribution in [0.3, 0.4) is 0 Å². The third-order valence-corrected chi connectivity index (χ3v) is 12.4. The van der Waals surface area contributed by atoms with Crippen molar-refractivity contribution in [1.82, 2.24) is 9.97 Å². The van der Waals surface area contributed by atoms with Gasteiger partial charge in [-0.25, -0.2) is 9.97 Å². The molecule has 0 amide bonds. The Morgan fingerprint density at radius 3 is 2.02 bits per heavy atom. The van der Waals surface area contributed by atoms with Gasteiger partial charge < -0.3 is 0 Å². The van der Waals surface area contributed by atoms with Gasteiger partial charge in [0.1, 0.15) is 0 Å². The highest BCUT2D eigenvalue weighted by Crippen LogP contribution is 2.66. The average molecular weight is 622 g/mol. The quantitative estimate of drug-likeness (QED) is 0.180. The summed E-state index contributed by atoms with van der Waals surface area (Å²) in [6, 6.07) is 50.6. The highest BCUT2D eigenvalue weighted by Gasteiger charge is 2.54. The molecule has 9 aromatic rings. The predicted octanol–water partition coefficient (Wildman–Crippen LogP) is 11.4. The van der Waals surface area contributed by atoms with E-state index in [-0.39, 0.29) is 0 Å². The van der Waals surface area contributed by atoms with E-state index >= 15 is 0 Å². The van der Waals surface area contributed by atoms with Gasteiger partial charge in [0.2, 0.25) is 5.95 Å². The van der Waals surface area contributed by atoms with Crippen molar-refractivity contribution in [3.63, 3.8) is 0 Å². The number of rotatable bonds is 2. The number of para-hydroxylation sites is 1. The largest absolute Gasteiger partial charge is 0.285 e. The molecule has 0 saturated heterocycles. The molecule has 0 fully saturated rings. The summed E-state index contributed by atoms with van der Waals surface area (Å²) >= 11 is 3.70. The van der Waals surface area contributed by atoms with Crippen LogP contribution >= 0.6 is 23.1 Å². The van der Waals surface area contributed by atoms with E-state index in [1.807, 2.05) is 11.8 Å². The molecule has 1 spiro atoms. The molecular weight excluding hydrogens is 599 g/mol. The number of thiophene rings is 1. The molecule has 214 valence electrons. The van der Waals surface area contributed by atoms with E-state index in [2.05, 4.69) is 144 Å². The molecule has 3 heterocycles. The van der Waals surface area contributed by atoms with Gasteiger partial charge in [0.05, 0.1) is 21.6 Å². The number of nitrogens with zero attached hydrogens (tertiary/aromatic N) is 3. The van der Waals surface area contributed by atoms with Gasteiger partial charge in [0.15, 0.2) is 4.87 Å². The number of hydrogen-bond donors (Lipinski definition) is 0. The Labute approximate surface area is 272 Å². The summed E-state index contributed by atoms with van der Waals surface area (Å²) in [4.78, 5) is 14.3. The molecule has 0 N–H and O–H groups in total. The Bertz CT molecular complexity index is 2700. The molecule has 2 aromatic heterocycles. The number of thioether (sulfide) groups is 1. The lowest BCUT2D eigenvalue weighted by atomic mass is 10.00. The molecule has 1 aliphatic carbocycles. The Morgan fingerprint density at radius 2 is 1.20 bits per heavy atom. The number of fused-ring (bicyclic) bond motifs is 7. The molecule has 1 aliphatic heterocycles. The van der Waals surface area contributed by atoms with E-state index in [9.17, 15) is 0 Å². The summed E-state index contributed by atoms with van der Waals surface area (Å²) in [5.74, 6) is 0.721. The first kappa shape index (κ1) is 25.0. The van der Waals surface area contributed by atoms with E-state index in [1.54, 1.807) is 11.3 Å². The van der Waals surface area contributed by atoms with Crippen molar-refractivity contribution in [2.45, 2.75) is 9.77 Å². The summed E-state index contributed by atoms with van der Waals surface area (Å²) in [5, 5.41) is 8.76. The number of anilines is 2. The monoisotopic (exact) mass is 621 g/mol. The Kier molecular flexibility index (Phi) is 4.86. The molecule has 46 heavy (non-hydrogen) atoms. The fourth-order valence-electron chi connectivity index (χ4n) is 7.86. The van der Waals surface area contributed by atoms with Gasteiger partial charge in [0.25, 0.3) is 0 Å². The van der Waals surface area contributed by atoms with E-state index in [1.165, 1.54) is 58.4 Å². The normalized spacial score (nSPS) is 14.6. The maximum atomic E-state index is 5.62. The van der Waals surface area contributed by atoms with Crippen molar-refractivity contribution in [1.29, 1.82) is 0 Å².